The molecule has 0 saturated heterocycles. The molecule has 0 saturated carbocycles. The molecule has 0 fully saturated rings. The van der Waals surface area contributed by atoms with E-state index in [4.69, 9.17) is 0 Å². The van der Waals surface area contributed by atoms with Gasteiger partial charge in [-0.15, -0.1) is 0 Å². The van der Waals surface area contributed by atoms with E-state index in [-0.39, 0.29) is 1.43 Å². The second kappa shape index (κ2) is 3.93. The van der Waals surface area contributed by atoms with Crippen LogP contribution in [0, 0.1) is 13.8 Å². The van der Waals surface area contributed by atoms with E-state index >= 15 is 0 Å². The van der Waals surface area contributed by atoms with E-state index in [9.17, 15) is 0 Å². The monoisotopic (exact) mass is 264 g/mol. The van der Waals surface area contributed by atoms with E-state index in [0.717, 1.165) is 16.6 Å². The summed E-state index contributed by atoms with van der Waals surface area (Å²) in [5, 5.41) is 5.47. The van der Waals surface area contributed by atoms with Gasteiger partial charge in [0.15, 0.2) is 0 Å². The molecular weight excluding hydrogens is 248 g/mol. The Morgan fingerprint density at radius 1 is 1.20 bits per heavy atom. The molecule has 0 bridgehead atoms. The van der Waals surface area contributed by atoms with Crippen LogP contribution in [-0.2, 0) is 0 Å². The number of rotatable bonds is 1. The van der Waals surface area contributed by atoms with Crippen LogP contribution in [-0.4, -0.2) is 19.6 Å². The van der Waals surface area contributed by atoms with Gasteiger partial charge in [0.1, 0.15) is 5.65 Å². The van der Waals surface area contributed by atoms with Crippen LogP contribution in [0.3, 0.4) is 0 Å². The lowest BCUT2D eigenvalue weighted by molar-refractivity contribution is 0.962. The first-order valence-electron chi connectivity index (χ1n) is 6.60. The van der Waals surface area contributed by atoms with Gasteiger partial charge in [0.25, 0.3) is 0 Å². The molecule has 0 atom stereocenters. The van der Waals surface area contributed by atoms with Crippen LogP contribution < -0.4 is 0 Å². The number of nitrogens with zero attached hydrogens (tertiary/aromatic N) is 3. The van der Waals surface area contributed by atoms with Gasteiger partial charge in [0.05, 0.1) is 11.7 Å². The Kier molecular flexibility index (Phi) is 2.21. The van der Waals surface area contributed by atoms with Crippen molar-refractivity contribution in [2.75, 3.05) is 0 Å². The zero-order chi connectivity index (χ0) is 13.7. The predicted molar refractivity (Wildman–Crippen MR) is 81.9 cm³/mol. The van der Waals surface area contributed by atoms with Gasteiger partial charge < -0.3 is 4.98 Å². The molecule has 4 aromatic rings. The second-order valence-corrected chi connectivity index (χ2v) is 5.18. The lowest BCUT2D eigenvalue weighted by atomic mass is 10.1. The van der Waals surface area contributed by atoms with Crippen LogP contribution in [0.15, 0.2) is 43.0 Å². The molecule has 4 heterocycles. The Labute approximate surface area is 117 Å². The first-order chi connectivity index (χ1) is 9.72. The van der Waals surface area contributed by atoms with Gasteiger partial charge >= 0.3 is 0 Å². The van der Waals surface area contributed by atoms with E-state index in [1.54, 1.807) is 0 Å². The highest BCUT2D eigenvalue weighted by atomic mass is 15.2. The van der Waals surface area contributed by atoms with Crippen molar-refractivity contribution in [3.8, 4) is 11.1 Å². The zero-order valence-electron chi connectivity index (χ0n) is 11.4. The first-order valence-corrected chi connectivity index (χ1v) is 6.60. The number of aryl methyl sites for hydroxylation is 2. The molecule has 4 aromatic heterocycles. The summed E-state index contributed by atoms with van der Waals surface area (Å²) in [5.74, 6) is 0. The molecule has 0 spiro atoms. The van der Waals surface area contributed by atoms with Crippen LogP contribution in [0.25, 0.3) is 27.7 Å². The highest BCUT2D eigenvalue weighted by Gasteiger charge is 2.09. The number of fused-ring (bicyclic) bond motifs is 2. The molecule has 0 aliphatic carbocycles. The number of hydrogen-bond donors (Lipinski definition) is 1. The van der Waals surface area contributed by atoms with Crippen molar-refractivity contribution in [1.29, 1.82) is 0 Å². The van der Waals surface area contributed by atoms with Gasteiger partial charge in [-0.3, -0.25) is 0 Å². The average Bonchev–Trinajstić information content (AvgIpc) is 3.02. The van der Waals surface area contributed by atoms with Crippen molar-refractivity contribution < 1.29 is 1.43 Å². The predicted octanol–water partition coefficient (Wildman–Crippen LogP) is 3.74. The standard InChI is InChI=1S/C16H14N4.H2/c1-10-5-13-14(9-18-16(13)17-7-10)12-3-4-20-15(6-12)11(2)8-19-20;/h3-9H,1-2H3,(H,17,18);1H. The third-order valence-electron chi connectivity index (χ3n) is 3.69. The van der Waals surface area contributed by atoms with Gasteiger partial charge in [0.2, 0.25) is 0 Å². The molecule has 0 aliphatic rings. The van der Waals surface area contributed by atoms with Crippen LogP contribution in [0.2, 0.25) is 0 Å². The Hall–Kier alpha value is -2.62. The van der Waals surface area contributed by atoms with Crippen molar-refractivity contribution in [3.05, 3.63) is 54.1 Å². The molecule has 4 nitrogen and oxygen atoms in total. The smallest absolute Gasteiger partial charge is 0.137 e. The molecule has 4 rings (SSSR count). The molecule has 0 aliphatic heterocycles. The Bertz CT molecular complexity index is 936. The molecule has 0 amide bonds. The summed E-state index contributed by atoms with van der Waals surface area (Å²) in [6, 6.07) is 6.43. The van der Waals surface area contributed by atoms with E-state index in [2.05, 4.69) is 47.1 Å². The van der Waals surface area contributed by atoms with E-state index < -0.39 is 0 Å². The summed E-state index contributed by atoms with van der Waals surface area (Å²) < 4.78 is 1.90. The van der Waals surface area contributed by atoms with Gasteiger partial charge in [-0.25, -0.2) is 9.50 Å². The molecule has 0 aromatic carbocycles. The normalized spacial score (nSPS) is 11.5. The molecule has 100 valence electrons. The summed E-state index contributed by atoms with van der Waals surface area (Å²) in [7, 11) is 0. The van der Waals surface area contributed by atoms with Crippen molar-refractivity contribution in [2.24, 2.45) is 0 Å². The fraction of sp³-hybridized carbons (Fsp3) is 0.125. The van der Waals surface area contributed by atoms with Crippen molar-refractivity contribution >= 4 is 16.6 Å². The van der Waals surface area contributed by atoms with E-state index in [1.807, 2.05) is 29.3 Å². The Morgan fingerprint density at radius 3 is 3.00 bits per heavy atom. The van der Waals surface area contributed by atoms with Gasteiger partial charge in [-0.05, 0) is 48.7 Å². The van der Waals surface area contributed by atoms with Gasteiger partial charge in [0, 0.05) is 31.0 Å². The molecule has 20 heavy (non-hydrogen) atoms. The fourth-order valence-electron chi connectivity index (χ4n) is 2.62. The molecule has 4 heteroatoms. The number of H-pyrrole nitrogens is 1. The van der Waals surface area contributed by atoms with Crippen LogP contribution in [0.5, 0.6) is 0 Å². The van der Waals surface area contributed by atoms with Crippen molar-refractivity contribution in [3.63, 3.8) is 0 Å². The topological polar surface area (TPSA) is 46.0 Å². The largest absolute Gasteiger partial charge is 0.346 e. The lowest BCUT2D eigenvalue weighted by Crippen LogP contribution is -1.87. The number of hydrogen-bond acceptors (Lipinski definition) is 2. The minimum atomic E-state index is 0. The summed E-state index contributed by atoms with van der Waals surface area (Å²) in [6.07, 6.45) is 7.79. The number of aromatic nitrogens is 4. The quantitative estimate of drug-likeness (QED) is 0.569. The van der Waals surface area contributed by atoms with Crippen molar-refractivity contribution in [1.82, 2.24) is 19.6 Å². The number of pyridine rings is 2. The Balaban J connectivity index is 0.00000132. The summed E-state index contributed by atoms with van der Waals surface area (Å²) in [5.41, 5.74) is 6.77. The summed E-state index contributed by atoms with van der Waals surface area (Å²) >= 11 is 0. The number of nitrogens with one attached hydrogen (secondary N) is 1. The highest BCUT2D eigenvalue weighted by Crippen LogP contribution is 2.29. The van der Waals surface area contributed by atoms with Crippen molar-refractivity contribution in [2.45, 2.75) is 13.8 Å². The SMILES string of the molecule is Cc1cnc2[nH]cc(-c3ccn4ncc(C)c4c3)c2c1.[HH]. The van der Waals surface area contributed by atoms with Crippen LogP contribution >= 0.6 is 0 Å². The maximum Gasteiger partial charge on any atom is 0.137 e. The van der Waals surface area contributed by atoms with Crippen LogP contribution in [0.1, 0.15) is 12.6 Å². The average molecular weight is 264 g/mol. The third-order valence-corrected chi connectivity index (χ3v) is 3.69. The van der Waals surface area contributed by atoms with Gasteiger partial charge in [-0.2, -0.15) is 5.10 Å². The third kappa shape index (κ3) is 1.54. The first kappa shape index (κ1) is 11.2. The summed E-state index contributed by atoms with van der Waals surface area (Å²) in [4.78, 5) is 7.66. The van der Waals surface area contributed by atoms with Gasteiger partial charge in [-0.1, -0.05) is 0 Å². The fourth-order valence-corrected chi connectivity index (χ4v) is 2.62. The summed E-state index contributed by atoms with van der Waals surface area (Å²) in [6.45, 7) is 4.14. The highest BCUT2D eigenvalue weighted by molar-refractivity contribution is 5.94. The Morgan fingerprint density at radius 2 is 2.10 bits per heavy atom. The zero-order valence-corrected chi connectivity index (χ0v) is 11.4. The van der Waals surface area contributed by atoms with Crippen LogP contribution in [0.4, 0.5) is 0 Å². The molecular formula is C16H16N4. The maximum absolute atomic E-state index is 4.42. The lowest BCUT2D eigenvalue weighted by Gasteiger charge is -2.02. The maximum atomic E-state index is 4.42. The molecule has 1 N–H and O–H groups in total. The molecule has 0 radical (unpaired) electrons. The minimum absolute atomic E-state index is 0. The molecule has 0 unspecified atom stereocenters. The van der Waals surface area contributed by atoms with E-state index in [1.165, 1.54) is 22.3 Å². The van der Waals surface area contributed by atoms with E-state index in [0.29, 0.717) is 0 Å². The second-order valence-electron chi connectivity index (χ2n) is 5.18. The number of aromatic amines is 1. The minimum Gasteiger partial charge on any atom is -0.346 e.